The first-order valence-corrected chi connectivity index (χ1v) is 6.78. The lowest BCUT2D eigenvalue weighted by atomic mass is 10.1. The van der Waals surface area contributed by atoms with Gasteiger partial charge in [-0.25, -0.2) is 4.98 Å². The monoisotopic (exact) mass is 285 g/mol. The van der Waals surface area contributed by atoms with Crippen molar-refractivity contribution in [3.63, 3.8) is 0 Å². The minimum Gasteiger partial charge on any atom is -0.497 e. The quantitative estimate of drug-likeness (QED) is 0.853. The smallest absolute Gasteiger partial charge is 0.251 e. The molecule has 0 saturated carbocycles. The summed E-state index contributed by atoms with van der Waals surface area (Å²) in [5.74, 6) is 1.42. The molecule has 0 bridgehead atoms. The summed E-state index contributed by atoms with van der Waals surface area (Å²) >= 11 is 0. The van der Waals surface area contributed by atoms with Gasteiger partial charge in [-0.15, -0.1) is 0 Å². The van der Waals surface area contributed by atoms with E-state index in [-0.39, 0.29) is 5.91 Å². The molecule has 2 aromatic rings. The Kier molecular flexibility index (Phi) is 5.15. The summed E-state index contributed by atoms with van der Waals surface area (Å²) in [6.45, 7) is 0.586. The summed E-state index contributed by atoms with van der Waals surface area (Å²) in [6.07, 6.45) is 2.39. The highest BCUT2D eigenvalue weighted by atomic mass is 16.5. The molecule has 2 rings (SSSR count). The molecule has 0 spiro atoms. The first-order chi connectivity index (χ1) is 10.2. The average Bonchev–Trinajstić information content (AvgIpc) is 2.55. The van der Waals surface area contributed by atoms with E-state index in [0.717, 1.165) is 17.7 Å². The number of methoxy groups -OCH3 is 1. The molecular weight excluding hydrogens is 266 g/mol. The third-order valence-electron chi connectivity index (χ3n) is 3.14. The van der Waals surface area contributed by atoms with Gasteiger partial charge in [-0.2, -0.15) is 0 Å². The van der Waals surface area contributed by atoms with Crippen LogP contribution in [-0.2, 0) is 6.42 Å². The lowest BCUT2D eigenvalue weighted by molar-refractivity contribution is 0.0954. The van der Waals surface area contributed by atoms with Crippen LogP contribution in [0.5, 0.6) is 5.75 Å². The zero-order valence-electron chi connectivity index (χ0n) is 12.2. The summed E-state index contributed by atoms with van der Waals surface area (Å²) in [5.41, 5.74) is 1.76. The normalized spacial score (nSPS) is 10.0. The number of carbonyl (C=O) groups is 1. The molecule has 5 heteroatoms. The van der Waals surface area contributed by atoms with Gasteiger partial charge >= 0.3 is 0 Å². The molecule has 0 aliphatic carbocycles. The van der Waals surface area contributed by atoms with E-state index in [0.29, 0.717) is 17.9 Å². The summed E-state index contributed by atoms with van der Waals surface area (Å²) in [7, 11) is 3.41. The molecule has 1 aromatic carbocycles. The van der Waals surface area contributed by atoms with Crippen molar-refractivity contribution < 1.29 is 9.53 Å². The molecular formula is C16H19N3O2. The summed E-state index contributed by atoms with van der Waals surface area (Å²) in [6, 6.07) is 11.2. The van der Waals surface area contributed by atoms with Crippen molar-refractivity contribution in [3.8, 4) is 5.75 Å². The number of hydrogen-bond acceptors (Lipinski definition) is 4. The number of carbonyl (C=O) groups excluding carboxylic acids is 1. The van der Waals surface area contributed by atoms with Crippen molar-refractivity contribution in [2.45, 2.75) is 6.42 Å². The summed E-state index contributed by atoms with van der Waals surface area (Å²) in [5, 5.41) is 5.81. The van der Waals surface area contributed by atoms with Gasteiger partial charge in [-0.05, 0) is 36.2 Å². The first kappa shape index (κ1) is 14.8. The molecule has 0 radical (unpaired) electrons. The largest absolute Gasteiger partial charge is 0.497 e. The Morgan fingerprint density at radius 3 is 2.67 bits per heavy atom. The van der Waals surface area contributed by atoms with E-state index in [1.807, 2.05) is 24.3 Å². The van der Waals surface area contributed by atoms with Crippen LogP contribution in [0.1, 0.15) is 15.9 Å². The van der Waals surface area contributed by atoms with E-state index in [2.05, 4.69) is 15.6 Å². The van der Waals surface area contributed by atoms with Gasteiger partial charge in [0.1, 0.15) is 11.6 Å². The molecule has 1 aromatic heterocycles. The number of nitrogens with one attached hydrogen (secondary N) is 2. The van der Waals surface area contributed by atoms with Gasteiger partial charge in [0.25, 0.3) is 5.91 Å². The topological polar surface area (TPSA) is 63.2 Å². The van der Waals surface area contributed by atoms with Crippen LogP contribution in [0.15, 0.2) is 42.6 Å². The molecule has 0 saturated heterocycles. The minimum atomic E-state index is -0.0950. The van der Waals surface area contributed by atoms with Gasteiger partial charge in [0.05, 0.1) is 7.11 Å². The fourth-order valence-electron chi connectivity index (χ4n) is 1.92. The van der Waals surface area contributed by atoms with Crippen LogP contribution in [0.4, 0.5) is 5.82 Å². The van der Waals surface area contributed by atoms with Gasteiger partial charge in [0.15, 0.2) is 0 Å². The van der Waals surface area contributed by atoms with E-state index in [4.69, 9.17) is 4.74 Å². The van der Waals surface area contributed by atoms with Gasteiger partial charge in [0.2, 0.25) is 0 Å². The van der Waals surface area contributed by atoms with Crippen molar-refractivity contribution in [2.24, 2.45) is 0 Å². The highest BCUT2D eigenvalue weighted by Gasteiger charge is 2.05. The van der Waals surface area contributed by atoms with Gasteiger partial charge in [0, 0.05) is 25.4 Å². The highest BCUT2D eigenvalue weighted by molar-refractivity contribution is 5.94. The predicted molar refractivity (Wildman–Crippen MR) is 82.8 cm³/mol. The number of pyridine rings is 1. The Balaban J connectivity index is 1.85. The number of ether oxygens (including phenoxy) is 1. The molecule has 0 atom stereocenters. The molecule has 1 amide bonds. The predicted octanol–water partition coefficient (Wildman–Crippen LogP) is 2.10. The molecule has 2 N–H and O–H groups in total. The number of benzene rings is 1. The van der Waals surface area contributed by atoms with E-state index < -0.39 is 0 Å². The van der Waals surface area contributed by atoms with Crippen LogP contribution < -0.4 is 15.4 Å². The van der Waals surface area contributed by atoms with Crippen LogP contribution in [0.25, 0.3) is 0 Å². The van der Waals surface area contributed by atoms with E-state index in [9.17, 15) is 4.79 Å². The van der Waals surface area contributed by atoms with Crippen LogP contribution in [0.2, 0.25) is 0 Å². The van der Waals surface area contributed by atoms with Crippen LogP contribution in [0.3, 0.4) is 0 Å². The highest BCUT2D eigenvalue weighted by Crippen LogP contribution is 2.11. The molecule has 0 aliphatic rings. The molecule has 21 heavy (non-hydrogen) atoms. The molecule has 0 aliphatic heterocycles. The molecule has 5 nitrogen and oxygen atoms in total. The maximum atomic E-state index is 12.0. The van der Waals surface area contributed by atoms with Crippen molar-refractivity contribution in [3.05, 3.63) is 53.7 Å². The molecule has 1 heterocycles. The van der Waals surface area contributed by atoms with Crippen molar-refractivity contribution in [2.75, 3.05) is 26.0 Å². The SMILES string of the molecule is CNc1cc(C(=O)NCCc2ccc(OC)cc2)ccn1. The lowest BCUT2D eigenvalue weighted by Gasteiger charge is -2.07. The number of nitrogens with zero attached hydrogens (tertiary/aromatic N) is 1. The van der Waals surface area contributed by atoms with Gasteiger partial charge in [-0.3, -0.25) is 4.79 Å². The fourth-order valence-corrected chi connectivity index (χ4v) is 1.92. The standard InChI is InChI=1S/C16H19N3O2/c1-17-15-11-13(8-10-18-15)16(20)19-9-7-12-3-5-14(21-2)6-4-12/h3-6,8,10-11H,7,9H2,1-2H3,(H,17,18)(H,19,20). The third kappa shape index (κ3) is 4.21. The molecule has 0 unspecified atom stereocenters. The Morgan fingerprint density at radius 1 is 1.24 bits per heavy atom. The van der Waals surface area contributed by atoms with Crippen LogP contribution >= 0.6 is 0 Å². The van der Waals surface area contributed by atoms with Crippen molar-refractivity contribution >= 4 is 11.7 Å². The number of rotatable bonds is 6. The second kappa shape index (κ2) is 7.28. The first-order valence-electron chi connectivity index (χ1n) is 6.78. The van der Waals surface area contributed by atoms with E-state index >= 15 is 0 Å². The second-order valence-electron chi connectivity index (χ2n) is 4.53. The molecule has 0 fully saturated rings. The van der Waals surface area contributed by atoms with Crippen LogP contribution in [0, 0.1) is 0 Å². The van der Waals surface area contributed by atoms with Gasteiger partial charge in [-0.1, -0.05) is 12.1 Å². The summed E-state index contributed by atoms with van der Waals surface area (Å²) in [4.78, 5) is 16.1. The number of aromatic nitrogens is 1. The zero-order chi connectivity index (χ0) is 15.1. The zero-order valence-corrected chi connectivity index (χ0v) is 12.2. The number of anilines is 1. The minimum absolute atomic E-state index is 0.0950. The second-order valence-corrected chi connectivity index (χ2v) is 4.53. The Bertz CT molecular complexity index is 597. The van der Waals surface area contributed by atoms with Crippen molar-refractivity contribution in [1.29, 1.82) is 0 Å². The average molecular weight is 285 g/mol. The van der Waals surface area contributed by atoms with Gasteiger partial charge < -0.3 is 15.4 Å². The maximum absolute atomic E-state index is 12.0. The number of hydrogen-bond donors (Lipinski definition) is 2. The van der Waals surface area contributed by atoms with Crippen molar-refractivity contribution in [1.82, 2.24) is 10.3 Å². The maximum Gasteiger partial charge on any atom is 0.251 e. The number of amides is 1. The van der Waals surface area contributed by atoms with E-state index in [1.54, 1.807) is 32.5 Å². The Labute approximate surface area is 124 Å². The Hall–Kier alpha value is -2.56. The summed E-state index contributed by atoms with van der Waals surface area (Å²) < 4.78 is 5.11. The van der Waals surface area contributed by atoms with E-state index in [1.165, 1.54) is 0 Å². The van der Waals surface area contributed by atoms with Crippen LogP contribution in [-0.4, -0.2) is 31.6 Å². The lowest BCUT2D eigenvalue weighted by Crippen LogP contribution is -2.25. The molecule has 110 valence electrons. The fraction of sp³-hybridized carbons (Fsp3) is 0.250. The Morgan fingerprint density at radius 2 is 2.00 bits per heavy atom. The third-order valence-corrected chi connectivity index (χ3v) is 3.14.